The maximum Gasteiger partial charge on any atom is 0.000769 e. The molecule has 1 aliphatic rings. The van der Waals surface area contributed by atoms with Gasteiger partial charge in [-0.25, -0.2) is 0 Å². The minimum Gasteiger partial charge on any atom is -0.330 e. The first-order valence-electron chi connectivity index (χ1n) is 5.74. The van der Waals surface area contributed by atoms with Gasteiger partial charge in [-0.1, -0.05) is 19.8 Å². The molecule has 2 nitrogen and oxygen atoms in total. The van der Waals surface area contributed by atoms with Gasteiger partial charge in [0, 0.05) is 6.54 Å². The zero-order valence-electron chi connectivity index (χ0n) is 8.94. The van der Waals surface area contributed by atoms with Gasteiger partial charge in [-0.15, -0.1) is 0 Å². The first-order chi connectivity index (χ1) is 6.33. The molecule has 0 atom stereocenters. The van der Waals surface area contributed by atoms with Crippen LogP contribution in [0.5, 0.6) is 0 Å². The largest absolute Gasteiger partial charge is 0.330 e. The summed E-state index contributed by atoms with van der Waals surface area (Å²) in [5, 5.41) is 3.49. The van der Waals surface area contributed by atoms with Gasteiger partial charge in [0.1, 0.15) is 0 Å². The summed E-state index contributed by atoms with van der Waals surface area (Å²) in [6, 6.07) is 0. The van der Waals surface area contributed by atoms with Crippen LogP contribution in [0.15, 0.2) is 0 Å². The van der Waals surface area contributed by atoms with E-state index in [1.165, 1.54) is 45.1 Å². The Morgan fingerprint density at radius 1 is 1.31 bits per heavy atom. The third-order valence-corrected chi connectivity index (χ3v) is 3.33. The van der Waals surface area contributed by atoms with Gasteiger partial charge in [0.2, 0.25) is 0 Å². The molecule has 0 aromatic carbocycles. The van der Waals surface area contributed by atoms with Crippen molar-refractivity contribution < 1.29 is 0 Å². The van der Waals surface area contributed by atoms with E-state index in [0.717, 1.165) is 13.1 Å². The molecular formula is C11H24N2. The van der Waals surface area contributed by atoms with Crippen LogP contribution >= 0.6 is 0 Å². The third-order valence-electron chi connectivity index (χ3n) is 3.33. The van der Waals surface area contributed by atoms with E-state index >= 15 is 0 Å². The quantitative estimate of drug-likeness (QED) is 0.593. The summed E-state index contributed by atoms with van der Waals surface area (Å²) in [7, 11) is 0. The molecule has 3 N–H and O–H groups in total. The lowest BCUT2D eigenvalue weighted by molar-refractivity contribution is 0.114. The molecule has 1 fully saturated rings. The number of unbranched alkanes of at least 4 members (excludes halogenated alkanes) is 1. The Bertz CT molecular complexity index is 130. The smallest absolute Gasteiger partial charge is 0.000769 e. The van der Waals surface area contributed by atoms with Gasteiger partial charge in [0.25, 0.3) is 0 Å². The predicted octanol–water partition coefficient (Wildman–Crippen LogP) is 1.90. The van der Waals surface area contributed by atoms with E-state index in [1.54, 1.807) is 0 Å². The van der Waals surface area contributed by atoms with E-state index < -0.39 is 0 Å². The van der Waals surface area contributed by atoms with E-state index in [4.69, 9.17) is 5.73 Å². The Morgan fingerprint density at radius 2 is 2.08 bits per heavy atom. The second-order valence-corrected chi connectivity index (χ2v) is 4.38. The zero-order valence-corrected chi connectivity index (χ0v) is 8.94. The average molecular weight is 184 g/mol. The van der Waals surface area contributed by atoms with E-state index in [0.29, 0.717) is 5.41 Å². The van der Waals surface area contributed by atoms with Crippen LogP contribution in [0.1, 0.15) is 45.4 Å². The molecule has 2 heteroatoms. The van der Waals surface area contributed by atoms with Crippen LogP contribution in [0.3, 0.4) is 0 Å². The molecule has 78 valence electrons. The van der Waals surface area contributed by atoms with Crippen molar-refractivity contribution in [2.45, 2.75) is 45.4 Å². The molecule has 1 rings (SSSR count). The van der Waals surface area contributed by atoms with Crippen molar-refractivity contribution in [2.24, 2.45) is 11.1 Å². The molecule has 1 saturated carbocycles. The Hall–Kier alpha value is -0.0800. The number of hydrogen-bond acceptors (Lipinski definition) is 2. The van der Waals surface area contributed by atoms with Gasteiger partial charge >= 0.3 is 0 Å². The lowest BCUT2D eigenvalue weighted by atomic mass is 9.66. The molecule has 0 spiro atoms. The summed E-state index contributed by atoms with van der Waals surface area (Å²) in [5.74, 6) is 0. The normalized spacial score (nSPS) is 19.8. The molecule has 0 bridgehead atoms. The minimum atomic E-state index is 0.658. The Balaban J connectivity index is 2.15. The molecule has 0 aliphatic heterocycles. The van der Waals surface area contributed by atoms with Crippen molar-refractivity contribution in [1.82, 2.24) is 5.32 Å². The highest BCUT2D eigenvalue weighted by Gasteiger charge is 2.35. The highest BCUT2D eigenvalue weighted by Crippen LogP contribution is 2.44. The van der Waals surface area contributed by atoms with Gasteiger partial charge in [0.15, 0.2) is 0 Å². The maximum absolute atomic E-state index is 5.50. The Labute approximate surface area is 82.3 Å². The summed E-state index contributed by atoms with van der Waals surface area (Å²) < 4.78 is 0. The Morgan fingerprint density at radius 3 is 2.54 bits per heavy atom. The second-order valence-electron chi connectivity index (χ2n) is 4.38. The SMILES string of the molecule is CCNCC1(CCCCN)CCC1. The standard InChI is InChI=1S/C11H24N2/c1-2-13-10-11(7-5-8-11)6-3-4-9-12/h13H,2-10,12H2,1H3. The van der Waals surface area contributed by atoms with Crippen molar-refractivity contribution >= 4 is 0 Å². The fourth-order valence-corrected chi connectivity index (χ4v) is 2.23. The number of hydrogen-bond donors (Lipinski definition) is 2. The lowest BCUT2D eigenvalue weighted by Crippen LogP contribution is -2.39. The van der Waals surface area contributed by atoms with E-state index in [2.05, 4.69) is 12.2 Å². The third kappa shape index (κ3) is 3.28. The van der Waals surface area contributed by atoms with Crippen LogP contribution in [0.2, 0.25) is 0 Å². The first-order valence-corrected chi connectivity index (χ1v) is 5.74. The highest BCUT2D eigenvalue weighted by molar-refractivity contribution is 4.89. The van der Waals surface area contributed by atoms with Crippen LogP contribution < -0.4 is 11.1 Å². The molecule has 0 unspecified atom stereocenters. The number of nitrogens with two attached hydrogens (primary N) is 1. The van der Waals surface area contributed by atoms with Crippen molar-refractivity contribution in [1.29, 1.82) is 0 Å². The van der Waals surface area contributed by atoms with E-state index in [1.807, 2.05) is 0 Å². The maximum atomic E-state index is 5.50. The minimum absolute atomic E-state index is 0.658. The van der Waals surface area contributed by atoms with Crippen LogP contribution in [0.4, 0.5) is 0 Å². The van der Waals surface area contributed by atoms with Crippen LogP contribution in [-0.4, -0.2) is 19.6 Å². The van der Waals surface area contributed by atoms with Crippen molar-refractivity contribution in [2.75, 3.05) is 19.6 Å². The lowest BCUT2D eigenvalue weighted by Gasteiger charge is -2.42. The van der Waals surface area contributed by atoms with Gasteiger partial charge in [-0.3, -0.25) is 0 Å². The first kappa shape index (κ1) is 11.0. The predicted molar refractivity (Wildman–Crippen MR) is 57.7 cm³/mol. The fourth-order valence-electron chi connectivity index (χ4n) is 2.23. The molecule has 0 amide bonds. The fraction of sp³-hybridized carbons (Fsp3) is 1.00. The van der Waals surface area contributed by atoms with Crippen LogP contribution in [-0.2, 0) is 0 Å². The molecule has 1 aliphatic carbocycles. The Kier molecular flexibility index (Phi) is 4.74. The zero-order chi connectivity index (χ0) is 9.57. The van der Waals surface area contributed by atoms with Gasteiger partial charge in [-0.2, -0.15) is 0 Å². The summed E-state index contributed by atoms with van der Waals surface area (Å²) in [6.45, 7) is 5.39. The van der Waals surface area contributed by atoms with Crippen LogP contribution in [0.25, 0.3) is 0 Å². The monoisotopic (exact) mass is 184 g/mol. The van der Waals surface area contributed by atoms with Gasteiger partial charge in [0.05, 0.1) is 0 Å². The summed E-state index contributed by atoms with van der Waals surface area (Å²) in [5.41, 5.74) is 6.16. The number of nitrogens with one attached hydrogen (secondary N) is 1. The van der Waals surface area contributed by atoms with E-state index in [-0.39, 0.29) is 0 Å². The summed E-state index contributed by atoms with van der Waals surface area (Å²) >= 11 is 0. The van der Waals surface area contributed by atoms with Crippen molar-refractivity contribution in [3.05, 3.63) is 0 Å². The van der Waals surface area contributed by atoms with Gasteiger partial charge < -0.3 is 11.1 Å². The van der Waals surface area contributed by atoms with Crippen molar-refractivity contribution in [3.63, 3.8) is 0 Å². The number of rotatable bonds is 7. The average Bonchev–Trinajstić information content (AvgIpc) is 2.08. The molecule has 0 heterocycles. The topological polar surface area (TPSA) is 38.0 Å². The molecule has 0 radical (unpaired) electrons. The van der Waals surface area contributed by atoms with Crippen LogP contribution in [0, 0.1) is 5.41 Å². The summed E-state index contributed by atoms with van der Waals surface area (Å²) in [6.07, 6.45) is 8.22. The molecule has 13 heavy (non-hydrogen) atoms. The molecule has 0 saturated heterocycles. The molecule has 0 aromatic rings. The molecule has 0 aromatic heterocycles. The highest BCUT2D eigenvalue weighted by atomic mass is 14.9. The summed E-state index contributed by atoms with van der Waals surface area (Å²) in [4.78, 5) is 0. The van der Waals surface area contributed by atoms with Gasteiger partial charge in [-0.05, 0) is 44.2 Å². The molecular weight excluding hydrogens is 160 g/mol. The second kappa shape index (κ2) is 5.61. The van der Waals surface area contributed by atoms with Crippen molar-refractivity contribution in [3.8, 4) is 0 Å². The van der Waals surface area contributed by atoms with E-state index in [9.17, 15) is 0 Å².